The van der Waals surface area contributed by atoms with Crippen LogP contribution in [0.1, 0.15) is 6.92 Å². The van der Waals surface area contributed by atoms with E-state index in [1.807, 2.05) is 12.1 Å². The van der Waals surface area contributed by atoms with Gasteiger partial charge in [-0.25, -0.2) is 9.97 Å². The molecule has 1 saturated heterocycles. The Balaban J connectivity index is 1.68. The first kappa shape index (κ1) is 18.6. The maximum atomic E-state index is 9.81. The van der Waals surface area contributed by atoms with Crippen molar-refractivity contribution in [2.75, 3.05) is 32.2 Å². The lowest BCUT2D eigenvalue weighted by Gasteiger charge is -2.37. The highest BCUT2D eigenvalue weighted by Gasteiger charge is 2.34. The number of phenols is 1. The molecule has 0 spiro atoms. The molecule has 4 rings (SSSR count). The van der Waals surface area contributed by atoms with Crippen molar-refractivity contribution >= 4 is 34.0 Å². The van der Waals surface area contributed by atoms with Gasteiger partial charge in [-0.15, -0.1) is 0 Å². The molecule has 0 aliphatic carbocycles. The van der Waals surface area contributed by atoms with Gasteiger partial charge in [0.05, 0.1) is 38.1 Å². The lowest BCUT2D eigenvalue weighted by atomic mass is 9.90. The van der Waals surface area contributed by atoms with Crippen molar-refractivity contribution in [1.29, 1.82) is 0 Å². The quantitative estimate of drug-likeness (QED) is 0.641. The van der Waals surface area contributed by atoms with Crippen LogP contribution in [-0.4, -0.2) is 42.0 Å². The van der Waals surface area contributed by atoms with Crippen LogP contribution in [0.5, 0.6) is 17.2 Å². The number of rotatable bonds is 6. The molecule has 2 aromatic carbocycles. The van der Waals surface area contributed by atoms with Crippen LogP contribution < -0.4 is 14.8 Å². The van der Waals surface area contributed by atoms with Gasteiger partial charge in [0.2, 0.25) is 0 Å². The van der Waals surface area contributed by atoms with E-state index < -0.39 is 0 Å². The van der Waals surface area contributed by atoms with Gasteiger partial charge in [0.15, 0.2) is 11.5 Å². The average Bonchev–Trinajstić information content (AvgIpc) is 2.68. The van der Waals surface area contributed by atoms with E-state index in [9.17, 15) is 5.11 Å². The third-order valence-electron chi connectivity index (χ3n) is 4.63. The van der Waals surface area contributed by atoms with Crippen molar-refractivity contribution in [2.45, 2.75) is 6.92 Å². The maximum Gasteiger partial charge on any atom is 0.163 e. The Hall–Kier alpha value is -2.77. The van der Waals surface area contributed by atoms with Crippen LogP contribution in [0.3, 0.4) is 0 Å². The predicted octanol–water partition coefficient (Wildman–Crippen LogP) is 4.16. The zero-order valence-electron chi connectivity index (χ0n) is 15.5. The van der Waals surface area contributed by atoms with Gasteiger partial charge in [0, 0.05) is 16.9 Å². The number of benzene rings is 2. The first-order chi connectivity index (χ1) is 13.5. The van der Waals surface area contributed by atoms with Gasteiger partial charge in [-0.2, -0.15) is 0 Å². The number of phenolic OH excluding ortho intramolecular Hbond substituents is 1. The van der Waals surface area contributed by atoms with Crippen LogP contribution in [0, 0.1) is 5.41 Å². The van der Waals surface area contributed by atoms with Gasteiger partial charge in [0.1, 0.15) is 22.9 Å². The number of nitrogens with one attached hydrogen (secondary N) is 1. The number of hydrogen-bond donors (Lipinski definition) is 2. The van der Waals surface area contributed by atoms with E-state index in [-0.39, 0.29) is 16.2 Å². The summed E-state index contributed by atoms with van der Waals surface area (Å²) in [7, 11) is 1.59. The summed E-state index contributed by atoms with van der Waals surface area (Å²) in [6, 6.07) is 8.62. The fourth-order valence-corrected chi connectivity index (χ4v) is 3.14. The summed E-state index contributed by atoms with van der Waals surface area (Å²) in [5, 5.41) is 13.9. The molecule has 0 amide bonds. The summed E-state index contributed by atoms with van der Waals surface area (Å²) < 4.78 is 16.8. The zero-order valence-corrected chi connectivity index (χ0v) is 16.3. The highest BCUT2D eigenvalue weighted by molar-refractivity contribution is 6.34. The van der Waals surface area contributed by atoms with Crippen LogP contribution in [0.2, 0.25) is 5.02 Å². The maximum absolute atomic E-state index is 9.81. The molecule has 0 atom stereocenters. The largest absolute Gasteiger partial charge is 0.506 e. The Morgan fingerprint density at radius 2 is 2.07 bits per heavy atom. The smallest absolute Gasteiger partial charge is 0.163 e. The number of methoxy groups -OCH3 is 1. The van der Waals surface area contributed by atoms with Crippen molar-refractivity contribution < 1.29 is 19.3 Å². The van der Waals surface area contributed by atoms with E-state index in [4.69, 9.17) is 25.8 Å². The summed E-state index contributed by atoms with van der Waals surface area (Å²) in [6.45, 7) is 4.02. The normalized spacial score (nSPS) is 15.1. The second kappa shape index (κ2) is 7.33. The molecule has 7 nitrogen and oxygen atoms in total. The van der Waals surface area contributed by atoms with E-state index in [0.29, 0.717) is 48.3 Å². The lowest BCUT2D eigenvalue weighted by Crippen LogP contribution is -2.44. The van der Waals surface area contributed by atoms with Gasteiger partial charge in [0.25, 0.3) is 0 Å². The number of ether oxygens (including phenoxy) is 3. The summed E-state index contributed by atoms with van der Waals surface area (Å²) in [4.78, 5) is 8.65. The van der Waals surface area contributed by atoms with Gasteiger partial charge >= 0.3 is 0 Å². The average molecular weight is 402 g/mol. The van der Waals surface area contributed by atoms with E-state index in [1.165, 1.54) is 12.4 Å². The van der Waals surface area contributed by atoms with E-state index in [1.54, 1.807) is 19.2 Å². The molecule has 0 unspecified atom stereocenters. The molecule has 8 heteroatoms. The zero-order chi connectivity index (χ0) is 19.7. The minimum absolute atomic E-state index is 0.00763. The van der Waals surface area contributed by atoms with Crippen LogP contribution in [0.25, 0.3) is 10.9 Å². The van der Waals surface area contributed by atoms with Gasteiger partial charge < -0.3 is 24.6 Å². The highest BCUT2D eigenvalue weighted by atomic mass is 35.5. The third kappa shape index (κ3) is 3.50. The van der Waals surface area contributed by atoms with Gasteiger partial charge in [-0.3, -0.25) is 0 Å². The Morgan fingerprint density at radius 1 is 1.25 bits per heavy atom. The Kier molecular flexibility index (Phi) is 4.87. The standard InChI is InChI=1S/C20H20ClN3O4/c1-20(8-27-9-20)10-28-17-7-14-12(6-16(17)26-2)19(23-11-22-14)24-13-4-3-5-15(25)18(13)21/h3-7,11,25H,8-10H2,1-2H3,(H,22,23,24). The minimum Gasteiger partial charge on any atom is -0.506 e. The molecule has 1 aliphatic rings. The van der Waals surface area contributed by atoms with Crippen LogP contribution in [-0.2, 0) is 4.74 Å². The third-order valence-corrected chi connectivity index (χ3v) is 5.03. The summed E-state index contributed by atoms with van der Waals surface area (Å²) >= 11 is 6.17. The van der Waals surface area contributed by atoms with Gasteiger partial charge in [-0.05, 0) is 18.2 Å². The minimum atomic E-state index is -0.00763. The summed E-state index contributed by atoms with van der Waals surface area (Å²) in [6.07, 6.45) is 1.46. The van der Waals surface area contributed by atoms with Crippen LogP contribution in [0.4, 0.5) is 11.5 Å². The number of aromatic hydroxyl groups is 1. The summed E-state index contributed by atoms with van der Waals surface area (Å²) in [5.41, 5.74) is 1.25. The van der Waals surface area contributed by atoms with E-state index in [0.717, 1.165) is 5.39 Å². The number of fused-ring (bicyclic) bond motifs is 1. The van der Waals surface area contributed by atoms with Crippen molar-refractivity contribution in [3.63, 3.8) is 0 Å². The molecule has 2 N–H and O–H groups in total. The Labute approximate surface area is 167 Å². The van der Waals surface area contributed by atoms with Crippen molar-refractivity contribution in [3.8, 4) is 17.2 Å². The van der Waals surface area contributed by atoms with Crippen LogP contribution >= 0.6 is 11.6 Å². The fourth-order valence-electron chi connectivity index (χ4n) is 2.97. The molecule has 0 bridgehead atoms. The second-order valence-corrected chi connectivity index (χ2v) is 7.48. The number of hydrogen-bond acceptors (Lipinski definition) is 7. The predicted molar refractivity (Wildman–Crippen MR) is 107 cm³/mol. The molecule has 1 fully saturated rings. The number of nitrogens with zero attached hydrogens (tertiary/aromatic N) is 2. The fraction of sp³-hybridized carbons (Fsp3) is 0.300. The molecule has 0 saturated carbocycles. The van der Waals surface area contributed by atoms with Crippen LogP contribution in [0.15, 0.2) is 36.7 Å². The Bertz CT molecular complexity index is 1020. The molecule has 3 aromatic rings. The number of aromatic nitrogens is 2. The first-order valence-corrected chi connectivity index (χ1v) is 9.15. The molecule has 1 aliphatic heterocycles. The van der Waals surface area contributed by atoms with E-state index in [2.05, 4.69) is 22.2 Å². The molecule has 2 heterocycles. The lowest BCUT2D eigenvalue weighted by molar-refractivity contribution is -0.120. The monoisotopic (exact) mass is 401 g/mol. The first-order valence-electron chi connectivity index (χ1n) is 8.77. The topological polar surface area (TPSA) is 85.7 Å². The van der Waals surface area contributed by atoms with Crippen molar-refractivity contribution in [2.24, 2.45) is 5.41 Å². The Morgan fingerprint density at radius 3 is 2.79 bits per heavy atom. The molecular formula is C20H20ClN3O4. The van der Waals surface area contributed by atoms with Crippen molar-refractivity contribution in [1.82, 2.24) is 9.97 Å². The van der Waals surface area contributed by atoms with Crippen molar-refractivity contribution in [3.05, 3.63) is 41.7 Å². The van der Waals surface area contributed by atoms with Gasteiger partial charge in [-0.1, -0.05) is 24.6 Å². The molecular weight excluding hydrogens is 382 g/mol. The van der Waals surface area contributed by atoms with E-state index >= 15 is 0 Å². The number of anilines is 2. The summed E-state index contributed by atoms with van der Waals surface area (Å²) in [5.74, 6) is 1.73. The molecule has 0 radical (unpaired) electrons. The second-order valence-electron chi connectivity index (χ2n) is 7.10. The molecule has 28 heavy (non-hydrogen) atoms. The molecule has 146 valence electrons. The highest BCUT2D eigenvalue weighted by Crippen LogP contribution is 2.38. The molecule has 1 aromatic heterocycles. The number of halogens is 1. The SMILES string of the molecule is COc1cc2c(Nc3cccc(O)c3Cl)ncnc2cc1OCC1(C)COC1.